The molecule has 88 valence electrons. The van der Waals surface area contributed by atoms with Gasteiger partial charge >= 0.3 is 0 Å². The van der Waals surface area contributed by atoms with Crippen LogP contribution in [0.15, 0.2) is 12.4 Å². The Labute approximate surface area is 97.3 Å². The lowest BCUT2D eigenvalue weighted by atomic mass is 10.2. The summed E-state index contributed by atoms with van der Waals surface area (Å²) in [5.74, 6) is 1.05. The lowest BCUT2D eigenvalue weighted by molar-refractivity contribution is 0.209. The fourth-order valence-electron chi connectivity index (χ4n) is 2.16. The fraction of sp³-hybridized carbons (Fsp3) is 0.667. The Balaban J connectivity index is 2.02. The molecule has 1 aromatic rings. The van der Waals surface area contributed by atoms with Gasteiger partial charge in [-0.25, -0.2) is 4.98 Å². The van der Waals surface area contributed by atoms with Crippen LogP contribution in [0.3, 0.4) is 0 Å². The van der Waals surface area contributed by atoms with Gasteiger partial charge in [-0.15, -0.1) is 0 Å². The summed E-state index contributed by atoms with van der Waals surface area (Å²) < 4.78 is 0. The van der Waals surface area contributed by atoms with E-state index in [0.29, 0.717) is 6.04 Å². The Morgan fingerprint density at radius 3 is 2.25 bits per heavy atom. The van der Waals surface area contributed by atoms with Crippen LogP contribution in [0.1, 0.15) is 19.5 Å². The van der Waals surface area contributed by atoms with Gasteiger partial charge in [-0.2, -0.15) is 0 Å². The van der Waals surface area contributed by atoms with Crippen LogP contribution < -0.4 is 4.90 Å². The van der Waals surface area contributed by atoms with Crippen LogP contribution in [-0.2, 0) is 0 Å². The van der Waals surface area contributed by atoms with E-state index in [-0.39, 0.29) is 0 Å². The molecule has 0 spiro atoms. The van der Waals surface area contributed by atoms with Gasteiger partial charge in [0.2, 0.25) is 0 Å². The largest absolute Gasteiger partial charge is 0.353 e. The van der Waals surface area contributed by atoms with Crippen molar-refractivity contribution >= 4 is 5.82 Å². The Morgan fingerprint density at radius 1 is 1.06 bits per heavy atom. The average Bonchev–Trinajstić information content (AvgIpc) is 2.30. The molecule has 0 aromatic carbocycles. The maximum Gasteiger partial charge on any atom is 0.150 e. The highest BCUT2D eigenvalue weighted by molar-refractivity contribution is 5.42. The molecule has 0 unspecified atom stereocenters. The van der Waals surface area contributed by atoms with Crippen molar-refractivity contribution in [1.29, 1.82) is 0 Å². The third-order valence-electron chi connectivity index (χ3n) is 3.20. The van der Waals surface area contributed by atoms with Gasteiger partial charge in [0.25, 0.3) is 0 Å². The van der Waals surface area contributed by atoms with E-state index >= 15 is 0 Å². The summed E-state index contributed by atoms with van der Waals surface area (Å²) in [6, 6.07) is 0.644. The van der Waals surface area contributed by atoms with Crippen LogP contribution >= 0.6 is 0 Å². The minimum atomic E-state index is 0.644. The molecule has 2 rings (SSSR count). The molecule has 4 heteroatoms. The highest BCUT2D eigenvalue weighted by atomic mass is 15.3. The molecule has 0 radical (unpaired) electrons. The van der Waals surface area contributed by atoms with E-state index < -0.39 is 0 Å². The van der Waals surface area contributed by atoms with E-state index in [4.69, 9.17) is 0 Å². The predicted molar refractivity (Wildman–Crippen MR) is 65.7 cm³/mol. The van der Waals surface area contributed by atoms with E-state index in [9.17, 15) is 0 Å². The maximum atomic E-state index is 4.42. The molecular weight excluding hydrogens is 200 g/mol. The first-order chi connectivity index (χ1) is 7.68. The van der Waals surface area contributed by atoms with Crippen molar-refractivity contribution in [2.45, 2.75) is 26.8 Å². The van der Waals surface area contributed by atoms with Gasteiger partial charge in [0.1, 0.15) is 5.82 Å². The van der Waals surface area contributed by atoms with E-state index in [1.165, 1.54) is 0 Å². The molecule has 0 saturated carbocycles. The molecule has 16 heavy (non-hydrogen) atoms. The molecule has 1 aliphatic heterocycles. The zero-order valence-electron chi connectivity index (χ0n) is 10.3. The average molecular weight is 220 g/mol. The SMILES string of the molecule is Cc1nccnc1N1CCN(C(C)C)CC1. The molecular formula is C12H20N4. The molecule has 1 aliphatic rings. The zero-order chi connectivity index (χ0) is 11.5. The lowest BCUT2D eigenvalue weighted by Crippen LogP contribution is -2.49. The first-order valence-electron chi connectivity index (χ1n) is 5.95. The zero-order valence-corrected chi connectivity index (χ0v) is 10.3. The molecule has 1 fully saturated rings. The third kappa shape index (κ3) is 2.32. The number of piperazine rings is 1. The van der Waals surface area contributed by atoms with E-state index in [0.717, 1.165) is 37.7 Å². The van der Waals surface area contributed by atoms with Gasteiger partial charge < -0.3 is 4.90 Å². The molecule has 2 heterocycles. The fourth-order valence-corrected chi connectivity index (χ4v) is 2.16. The smallest absolute Gasteiger partial charge is 0.150 e. The number of anilines is 1. The van der Waals surface area contributed by atoms with Crippen LogP contribution in [-0.4, -0.2) is 47.1 Å². The number of nitrogens with zero attached hydrogens (tertiary/aromatic N) is 4. The number of rotatable bonds is 2. The monoisotopic (exact) mass is 220 g/mol. The Bertz CT molecular complexity index is 343. The van der Waals surface area contributed by atoms with Crippen molar-refractivity contribution in [3.8, 4) is 0 Å². The molecule has 4 nitrogen and oxygen atoms in total. The Morgan fingerprint density at radius 2 is 1.69 bits per heavy atom. The second kappa shape index (κ2) is 4.78. The maximum absolute atomic E-state index is 4.42. The molecule has 0 bridgehead atoms. The van der Waals surface area contributed by atoms with Crippen LogP contribution in [0, 0.1) is 6.92 Å². The molecule has 0 amide bonds. The summed E-state index contributed by atoms with van der Waals surface area (Å²) >= 11 is 0. The Hall–Kier alpha value is -1.16. The van der Waals surface area contributed by atoms with Gasteiger partial charge in [-0.1, -0.05) is 0 Å². The van der Waals surface area contributed by atoms with E-state index in [2.05, 4.69) is 33.6 Å². The summed E-state index contributed by atoms with van der Waals surface area (Å²) in [6.45, 7) is 10.9. The molecule has 1 aromatic heterocycles. The number of aromatic nitrogens is 2. The molecule has 1 saturated heterocycles. The van der Waals surface area contributed by atoms with Crippen molar-refractivity contribution in [2.24, 2.45) is 0 Å². The van der Waals surface area contributed by atoms with Gasteiger partial charge in [0.05, 0.1) is 5.69 Å². The quantitative estimate of drug-likeness (QED) is 0.752. The van der Waals surface area contributed by atoms with Crippen molar-refractivity contribution in [2.75, 3.05) is 31.1 Å². The minimum absolute atomic E-state index is 0.644. The van der Waals surface area contributed by atoms with Crippen molar-refractivity contribution in [3.63, 3.8) is 0 Å². The van der Waals surface area contributed by atoms with Gasteiger partial charge in [-0.05, 0) is 20.8 Å². The molecule has 0 aliphatic carbocycles. The standard InChI is InChI=1S/C12H20N4/c1-10(2)15-6-8-16(9-7-15)12-11(3)13-4-5-14-12/h4-5,10H,6-9H2,1-3H3. The van der Waals surface area contributed by atoms with Crippen molar-refractivity contribution < 1.29 is 0 Å². The summed E-state index contributed by atoms with van der Waals surface area (Å²) in [6.07, 6.45) is 3.53. The van der Waals surface area contributed by atoms with Crippen LogP contribution in [0.25, 0.3) is 0 Å². The van der Waals surface area contributed by atoms with E-state index in [1.807, 2.05) is 6.92 Å². The summed E-state index contributed by atoms with van der Waals surface area (Å²) in [5.41, 5.74) is 1.03. The second-order valence-corrected chi connectivity index (χ2v) is 4.58. The highest BCUT2D eigenvalue weighted by Crippen LogP contribution is 2.16. The highest BCUT2D eigenvalue weighted by Gasteiger charge is 2.20. The van der Waals surface area contributed by atoms with E-state index in [1.54, 1.807) is 12.4 Å². The number of hydrogen-bond acceptors (Lipinski definition) is 4. The van der Waals surface area contributed by atoms with Crippen LogP contribution in [0.5, 0.6) is 0 Å². The predicted octanol–water partition coefficient (Wildman–Crippen LogP) is 1.32. The van der Waals surface area contributed by atoms with Crippen LogP contribution in [0.4, 0.5) is 5.82 Å². The third-order valence-corrected chi connectivity index (χ3v) is 3.20. The summed E-state index contributed by atoms with van der Waals surface area (Å²) in [5, 5.41) is 0. The minimum Gasteiger partial charge on any atom is -0.353 e. The van der Waals surface area contributed by atoms with Gasteiger partial charge in [0.15, 0.2) is 0 Å². The number of hydrogen-bond donors (Lipinski definition) is 0. The molecule has 0 atom stereocenters. The number of aryl methyl sites for hydroxylation is 1. The second-order valence-electron chi connectivity index (χ2n) is 4.58. The van der Waals surface area contributed by atoms with Crippen LogP contribution in [0.2, 0.25) is 0 Å². The summed E-state index contributed by atoms with van der Waals surface area (Å²) in [7, 11) is 0. The van der Waals surface area contributed by atoms with Gasteiger partial charge in [0, 0.05) is 44.6 Å². The van der Waals surface area contributed by atoms with Crippen molar-refractivity contribution in [3.05, 3.63) is 18.1 Å². The first-order valence-corrected chi connectivity index (χ1v) is 5.95. The molecule has 0 N–H and O–H groups in total. The Kier molecular flexibility index (Phi) is 3.39. The first kappa shape index (κ1) is 11.3. The topological polar surface area (TPSA) is 32.3 Å². The van der Waals surface area contributed by atoms with Crippen molar-refractivity contribution in [1.82, 2.24) is 14.9 Å². The summed E-state index contributed by atoms with van der Waals surface area (Å²) in [4.78, 5) is 13.5. The lowest BCUT2D eigenvalue weighted by Gasteiger charge is -2.37. The van der Waals surface area contributed by atoms with Gasteiger partial charge in [-0.3, -0.25) is 9.88 Å². The normalized spacial score (nSPS) is 18.1.